The van der Waals surface area contributed by atoms with E-state index < -0.39 is 6.03 Å². The highest BCUT2D eigenvalue weighted by Crippen LogP contribution is 2.27. The number of carbonyl (C=O) groups is 2. The van der Waals surface area contributed by atoms with Crippen LogP contribution in [0, 0.1) is 12.8 Å². The number of aliphatic imine (C=N–C) groups is 2. The number of amides is 3. The van der Waals surface area contributed by atoms with Crippen LogP contribution in [-0.4, -0.2) is 40.5 Å². The van der Waals surface area contributed by atoms with Crippen molar-refractivity contribution in [3.63, 3.8) is 0 Å². The second-order valence-electron chi connectivity index (χ2n) is 6.69. The molecule has 9 nitrogen and oxygen atoms in total. The molecule has 144 valence electrons. The first kappa shape index (κ1) is 17.9. The smallest absolute Gasteiger partial charge is 0.324 e. The fourth-order valence-electron chi connectivity index (χ4n) is 3.35. The van der Waals surface area contributed by atoms with Crippen LogP contribution in [-0.2, 0) is 4.79 Å². The number of hydrogen-bond donors (Lipinski definition) is 2. The number of methoxy groups -OCH3 is 1. The van der Waals surface area contributed by atoms with Gasteiger partial charge in [0.2, 0.25) is 0 Å². The molecule has 9 heteroatoms. The highest BCUT2D eigenvalue weighted by atomic mass is 16.5. The van der Waals surface area contributed by atoms with Gasteiger partial charge in [0.05, 0.1) is 18.7 Å². The Morgan fingerprint density at radius 2 is 2.00 bits per heavy atom. The van der Waals surface area contributed by atoms with Crippen molar-refractivity contribution in [3.8, 4) is 5.75 Å². The SMILES string of the molecule is COc1ccc(NC(=O)Nc2cc(C)nn2C2=NC(=O)C3CCCC3=N2)cc1. The van der Waals surface area contributed by atoms with E-state index in [0.717, 1.165) is 25.0 Å². The molecule has 2 aromatic rings. The third-order valence-electron chi connectivity index (χ3n) is 4.69. The van der Waals surface area contributed by atoms with Crippen LogP contribution < -0.4 is 15.4 Å². The number of rotatable bonds is 3. The Balaban J connectivity index is 1.53. The minimum atomic E-state index is -0.444. The number of nitrogens with zero attached hydrogens (tertiary/aromatic N) is 4. The van der Waals surface area contributed by atoms with E-state index in [9.17, 15) is 9.59 Å². The van der Waals surface area contributed by atoms with Gasteiger partial charge < -0.3 is 10.1 Å². The predicted molar refractivity (Wildman–Crippen MR) is 105 cm³/mol. The van der Waals surface area contributed by atoms with Crippen molar-refractivity contribution in [2.24, 2.45) is 15.9 Å². The second kappa shape index (κ2) is 7.26. The molecule has 0 radical (unpaired) electrons. The van der Waals surface area contributed by atoms with Gasteiger partial charge in [-0.25, -0.2) is 9.79 Å². The Bertz CT molecular complexity index is 990. The van der Waals surface area contributed by atoms with E-state index in [1.807, 2.05) is 0 Å². The molecule has 1 unspecified atom stereocenters. The summed E-state index contributed by atoms with van der Waals surface area (Å²) in [5.41, 5.74) is 2.13. The summed E-state index contributed by atoms with van der Waals surface area (Å²) in [5, 5.41) is 9.81. The summed E-state index contributed by atoms with van der Waals surface area (Å²) in [5.74, 6) is 0.875. The van der Waals surface area contributed by atoms with Crippen LogP contribution in [0.15, 0.2) is 40.3 Å². The Kier molecular flexibility index (Phi) is 4.64. The van der Waals surface area contributed by atoms with E-state index in [0.29, 0.717) is 22.9 Å². The quantitative estimate of drug-likeness (QED) is 0.853. The van der Waals surface area contributed by atoms with Crippen molar-refractivity contribution in [3.05, 3.63) is 36.0 Å². The molecule has 1 aliphatic carbocycles. The summed E-state index contributed by atoms with van der Waals surface area (Å²) < 4.78 is 6.49. The third kappa shape index (κ3) is 3.51. The van der Waals surface area contributed by atoms with Gasteiger partial charge in [-0.1, -0.05) is 0 Å². The lowest BCUT2D eigenvalue weighted by Gasteiger charge is -2.15. The maximum atomic E-state index is 12.4. The van der Waals surface area contributed by atoms with Gasteiger partial charge >= 0.3 is 6.03 Å². The van der Waals surface area contributed by atoms with Crippen LogP contribution in [0.3, 0.4) is 0 Å². The van der Waals surface area contributed by atoms with E-state index in [4.69, 9.17) is 4.74 Å². The van der Waals surface area contributed by atoms with E-state index >= 15 is 0 Å². The van der Waals surface area contributed by atoms with Crippen LogP contribution >= 0.6 is 0 Å². The first-order valence-electron chi connectivity index (χ1n) is 9.02. The molecule has 1 fully saturated rings. The Hall–Kier alpha value is -3.49. The average molecular weight is 380 g/mol. The van der Waals surface area contributed by atoms with E-state index in [1.54, 1.807) is 44.4 Å². The number of carbonyl (C=O) groups excluding carboxylic acids is 2. The summed E-state index contributed by atoms with van der Waals surface area (Å²) in [6.07, 6.45) is 2.52. The number of benzene rings is 1. The van der Waals surface area contributed by atoms with Gasteiger partial charge in [0, 0.05) is 17.5 Å². The molecule has 1 aromatic carbocycles. The molecule has 1 aliphatic heterocycles. The molecule has 2 aliphatic rings. The minimum Gasteiger partial charge on any atom is -0.497 e. The Morgan fingerprint density at radius 3 is 2.75 bits per heavy atom. The van der Waals surface area contributed by atoms with Gasteiger partial charge in [-0.05, 0) is 50.5 Å². The molecule has 1 saturated carbocycles. The Morgan fingerprint density at radius 1 is 1.21 bits per heavy atom. The van der Waals surface area contributed by atoms with Gasteiger partial charge in [0.25, 0.3) is 11.9 Å². The van der Waals surface area contributed by atoms with Crippen LogP contribution in [0.25, 0.3) is 0 Å². The van der Waals surface area contributed by atoms with Crippen molar-refractivity contribution < 1.29 is 14.3 Å². The number of hydrogen-bond acceptors (Lipinski definition) is 5. The fraction of sp³-hybridized carbons (Fsp3) is 0.316. The molecular formula is C19H20N6O3. The number of urea groups is 1. The minimum absolute atomic E-state index is 0.186. The average Bonchev–Trinajstić information content (AvgIpc) is 3.29. The number of aromatic nitrogens is 2. The summed E-state index contributed by atoms with van der Waals surface area (Å²) in [6.45, 7) is 1.79. The maximum Gasteiger partial charge on any atom is 0.324 e. The normalized spacial score (nSPS) is 18.2. The highest BCUT2D eigenvalue weighted by molar-refractivity contribution is 6.17. The zero-order valence-corrected chi connectivity index (χ0v) is 15.6. The molecular weight excluding hydrogens is 360 g/mol. The number of aryl methyl sites for hydroxylation is 1. The third-order valence-corrected chi connectivity index (χ3v) is 4.69. The van der Waals surface area contributed by atoms with Crippen molar-refractivity contribution >= 4 is 35.1 Å². The van der Waals surface area contributed by atoms with Gasteiger partial charge in [-0.15, -0.1) is 0 Å². The first-order valence-corrected chi connectivity index (χ1v) is 9.02. The van der Waals surface area contributed by atoms with Gasteiger partial charge in [0.15, 0.2) is 0 Å². The molecule has 0 spiro atoms. The van der Waals surface area contributed by atoms with Crippen molar-refractivity contribution in [1.29, 1.82) is 0 Å². The van der Waals surface area contributed by atoms with Crippen LogP contribution in [0.4, 0.5) is 16.3 Å². The number of nitrogens with one attached hydrogen (secondary N) is 2. The monoisotopic (exact) mass is 380 g/mol. The molecule has 28 heavy (non-hydrogen) atoms. The lowest BCUT2D eigenvalue weighted by molar-refractivity contribution is -0.119. The van der Waals surface area contributed by atoms with Crippen molar-refractivity contribution in [2.45, 2.75) is 26.2 Å². The lowest BCUT2D eigenvalue weighted by Crippen LogP contribution is -2.29. The second-order valence-corrected chi connectivity index (χ2v) is 6.69. The zero-order chi connectivity index (χ0) is 19.7. The molecule has 4 rings (SSSR count). The van der Waals surface area contributed by atoms with Crippen molar-refractivity contribution in [2.75, 3.05) is 17.7 Å². The number of anilines is 2. The van der Waals surface area contributed by atoms with Gasteiger partial charge in [0.1, 0.15) is 11.6 Å². The highest BCUT2D eigenvalue weighted by Gasteiger charge is 2.33. The van der Waals surface area contributed by atoms with E-state index in [-0.39, 0.29) is 17.8 Å². The molecule has 0 bridgehead atoms. The fourth-order valence-corrected chi connectivity index (χ4v) is 3.35. The van der Waals surface area contributed by atoms with Crippen LogP contribution in [0.5, 0.6) is 5.75 Å². The van der Waals surface area contributed by atoms with Crippen LogP contribution in [0.2, 0.25) is 0 Å². The molecule has 2 N–H and O–H groups in total. The molecule has 3 amide bonds. The van der Waals surface area contributed by atoms with E-state index in [1.165, 1.54) is 4.68 Å². The molecule has 1 atom stereocenters. The number of ether oxygens (including phenoxy) is 1. The van der Waals surface area contributed by atoms with Gasteiger partial charge in [-0.2, -0.15) is 14.8 Å². The molecule has 2 heterocycles. The molecule has 1 aromatic heterocycles. The summed E-state index contributed by atoms with van der Waals surface area (Å²) in [6, 6.07) is 8.22. The number of fused-ring (bicyclic) bond motifs is 1. The summed E-state index contributed by atoms with van der Waals surface area (Å²) in [4.78, 5) is 33.3. The zero-order valence-electron chi connectivity index (χ0n) is 15.6. The van der Waals surface area contributed by atoms with E-state index in [2.05, 4.69) is 25.7 Å². The summed E-state index contributed by atoms with van der Waals surface area (Å²) in [7, 11) is 1.58. The van der Waals surface area contributed by atoms with Crippen molar-refractivity contribution in [1.82, 2.24) is 9.78 Å². The predicted octanol–water partition coefficient (Wildman–Crippen LogP) is 2.83. The topological polar surface area (TPSA) is 110 Å². The standard InChI is InChI=1S/C19H20N6O3/c1-11-10-16(22-19(27)20-12-6-8-13(28-2)9-7-12)25(24-11)18-21-15-5-3-4-14(15)17(26)23-18/h6-10,14H,3-5H2,1-2H3,(H2,20,22,27). The maximum absolute atomic E-state index is 12.4. The Labute approximate surface area is 161 Å². The van der Waals surface area contributed by atoms with Crippen LogP contribution in [0.1, 0.15) is 25.0 Å². The molecule has 0 saturated heterocycles. The van der Waals surface area contributed by atoms with Gasteiger partial charge in [-0.3, -0.25) is 10.1 Å². The first-order chi connectivity index (χ1) is 13.5. The lowest BCUT2D eigenvalue weighted by atomic mass is 10.1. The largest absolute Gasteiger partial charge is 0.497 e. The summed E-state index contributed by atoms with van der Waals surface area (Å²) >= 11 is 0.